The van der Waals surface area contributed by atoms with Crippen molar-refractivity contribution in [2.75, 3.05) is 33.4 Å². The van der Waals surface area contributed by atoms with E-state index >= 15 is 0 Å². The van der Waals surface area contributed by atoms with E-state index in [2.05, 4.69) is 9.88 Å². The lowest BCUT2D eigenvalue weighted by molar-refractivity contribution is -0.154. The smallest absolute Gasteiger partial charge is 0.329 e. The van der Waals surface area contributed by atoms with Gasteiger partial charge in [0.2, 0.25) is 0 Å². The van der Waals surface area contributed by atoms with Gasteiger partial charge in [0.05, 0.1) is 13.7 Å². The quantitative estimate of drug-likeness (QED) is 0.675. The van der Waals surface area contributed by atoms with Crippen LogP contribution in [0, 0.1) is 0 Å². The number of H-pyrrole nitrogens is 1. The fraction of sp³-hybridized carbons (Fsp3) is 0.500. The fourth-order valence-electron chi connectivity index (χ4n) is 4.01. The molecule has 8 heteroatoms. The van der Waals surface area contributed by atoms with Crippen LogP contribution in [-0.4, -0.2) is 65.6 Å². The molecular formula is C18H23ClN2O5. The molecule has 0 amide bonds. The maximum atomic E-state index is 12.7. The molecule has 0 aliphatic carbocycles. The third-order valence-electron chi connectivity index (χ3n) is 5.19. The summed E-state index contributed by atoms with van der Waals surface area (Å²) in [6.07, 6.45) is -0.0504. The Bertz CT molecular complexity index is 808. The summed E-state index contributed by atoms with van der Waals surface area (Å²) >= 11 is 0. The number of benzene rings is 1. The van der Waals surface area contributed by atoms with Crippen molar-refractivity contribution in [3.8, 4) is 5.75 Å². The van der Waals surface area contributed by atoms with Gasteiger partial charge in [-0.25, -0.2) is 4.79 Å². The molecule has 2 aromatic rings. The van der Waals surface area contributed by atoms with Gasteiger partial charge in [0, 0.05) is 29.1 Å². The molecule has 0 saturated carbocycles. The molecule has 1 aromatic carbocycles. The van der Waals surface area contributed by atoms with Gasteiger partial charge in [-0.2, -0.15) is 0 Å². The molecule has 1 saturated heterocycles. The van der Waals surface area contributed by atoms with Crippen molar-refractivity contribution in [1.82, 2.24) is 9.88 Å². The molecule has 1 aromatic heterocycles. The first-order valence-electron chi connectivity index (χ1n) is 8.51. The highest BCUT2D eigenvalue weighted by atomic mass is 35.5. The van der Waals surface area contributed by atoms with Crippen molar-refractivity contribution in [3.63, 3.8) is 0 Å². The monoisotopic (exact) mass is 382 g/mol. The average molecular weight is 383 g/mol. The number of carbonyl (C=O) groups is 1. The molecule has 4 atom stereocenters. The Hall–Kier alpha value is -1.80. The van der Waals surface area contributed by atoms with Gasteiger partial charge in [-0.15, -0.1) is 12.4 Å². The van der Waals surface area contributed by atoms with Crippen molar-refractivity contribution in [1.29, 1.82) is 0 Å². The van der Waals surface area contributed by atoms with Crippen LogP contribution < -0.4 is 4.74 Å². The fourth-order valence-corrected chi connectivity index (χ4v) is 4.01. The summed E-state index contributed by atoms with van der Waals surface area (Å²) < 4.78 is 10.6. The molecule has 1 fully saturated rings. The zero-order valence-electron chi connectivity index (χ0n) is 14.5. The minimum absolute atomic E-state index is 0. The molecule has 3 heterocycles. The first-order chi connectivity index (χ1) is 12.1. The number of nitrogens with one attached hydrogen (secondary N) is 1. The first-order valence-corrected chi connectivity index (χ1v) is 8.51. The van der Waals surface area contributed by atoms with Crippen LogP contribution in [0.2, 0.25) is 0 Å². The summed E-state index contributed by atoms with van der Waals surface area (Å²) in [6, 6.07) is 5.37. The average Bonchev–Trinajstić information content (AvgIpc) is 3.21. The second-order valence-corrected chi connectivity index (χ2v) is 6.71. The number of aromatic amines is 1. The number of carbonyl (C=O) groups excluding carboxylic acids is 1. The van der Waals surface area contributed by atoms with E-state index in [1.54, 1.807) is 7.11 Å². The zero-order valence-corrected chi connectivity index (χ0v) is 15.3. The number of fused-ring (bicyclic) bond motifs is 6. The number of aliphatic hydroxyl groups is 2. The van der Waals surface area contributed by atoms with Crippen LogP contribution in [0.4, 0.5) is 0 Å². The molecular weight excluding hydrogens is 360 g/mol. The lowest BCUT2D eigenvalue weighted by Gasteiger charge is -2.31. The lowest BCUT2D eigenvalue weighted by atomic mass is 9.90. The van der Waals surface area contributed by atoms with Crippen LogP contribution in [0.25, 0.3) is 10.9 Å². The van der Waals surface area contributed by atoms with Crippen molar-refractivity contribution in [2.45, 2.75) is 24.5 Å². The SMILES string of the molecule is COc1ccc2[nH]c3c(c2c1)C1CCN(C1)C3C(=O)OCC(O)CO.Cl. The molecule has 7 nitrogen and oxygen atoms in total. The molecule has 2 aliphatic rings. The van der Waals surface area contributed by atoms with E-state index in [1.807, 2.05) is 18.2 Å². The maximum absolute atomic E-state index is 12.7. The Kier molecular flexibility index (Phi) is 5.43. The van der Waals surface area contributed by atoms with E-state index in [4.69, 9.17) is 14.6 Å². The second-order valence-electron chi connectivity index (χ2n) is 6.71. The number of hydrogen-bond donors (Lipinski definition) is 3. The maximum Gasteiger partial charge on any atom is 0.329 e. The van der Waals surface area contributed by atoms with Gasteiger partial charge in [0.25, 0.3) is 0 Å². The van der Waals surface area contributed by atoms with E-state index in [1.165, 1.54) is 5.56 Å². The van der Waals surface area contributed by atoms with E-state index < -0.39 is 24.7 Å². The number of nitrogens with zero attached hydrogens (tertiary/aromatic N) is 1. The molecule has 2 bridgehead atoms. The van der Waals surface area contributed by atoms with Gasteiger partial charge >= 0.3 is 5.97 Å². The number of methoxy groups -OCH3 is 1. The number of esters is 1. The number of aromatic nitrogens is 1. The van der Waals surface area contributed by atoms with Crippen molar-refractivity contribution in [3.05, 3.63) is 29.5 Å². The van der Waals surface area contributed by atoms with Gasteiger partial charge in [0.15, 0.2) is 0 Å². The van der Waals surface area contributed by atoms with Crippen LogP contribution >= 0.6 is 12.4 Å². The standard InChI is InChI=1S/C18H22N2O5.ClH/c1-24-12-2-3-14-13(6-12)15-10-4-5-20(7-10)17(16(15)19-14)18(23)25-9-11(22)8-21;/h2-3,6,10-11,17,19,21-22H,4-5,7-9H2,1H3;1H. The minimum atomic E-state index is -1.05. The normalized spacial score (nSPS) is 24.7. The Morgan fingerprint density at radius 2 is 2.27 bits per heavy atom. The van der Waals surface area contributed by atoms with Gasteiger partial charge in [-0.05, 0) is 36.7 Å². The number of halogens is 1. The Morgan fingerprint density at radius 3 is 3.00 bits per heavy atom. The summed E-state index contributed by atoms with van der Waals surface area (Å²) in [5, 5.41) is 19.4. The number of rotatable bonds is 5. The third-order valence-corrected chi connectivity index (χ3v) is 5.19. The highest BCUT2D eigenvalue weighted by molar-refractivity contribution is 5.90. The van der Waals surface area contributed by atoms with Crippen molar-refractivity contribution >= 4 is 29.3 Å². The number of ether oxygens (including phenoxy) is 2. The molecule has 4 unspecified atom stereocenters. The molecule has 26 heavy (non-hydrogen) atoms. The summed E-state index contributed by atoms with van der Waals surface area (Å²) in [7, 11) is 1.64. The largest absolute Gasteiger partial charge is 0.497 e. The number of hydrogen-bond acceptors (Lipinski definition) is 6. The lowest BCUT2D eigenvalue weighted by Crippen LogP contribution is -2.38. The minimum Gasteiger partial charge on any atom is -0.497 e. The Morgan fingerprint density at radius 1 is 1.46 bits per heavy atom. The van der Waals surface area contributed by atoms with Crippen LogP contribution in [0.15, 0.2) is 18.2 Å². The van der Waals surface area contributed by atoms with Gasteiger partial charge < -0.3 is 24.7 Å². The molecule has 142 valence electrons. The zero-order chi connectivity index (χ0) is 17.6. The van der Waals surface area contributed by atoms with Crippen LogP contribution in [-0.2, 0) is 9.53 Å². The Labute approximate surface area is 157 Å². The summed E-state index contributed by atoms with van der Waals surface area (Å²) in [5.74, 6) is 0.787. The van der Waals surface area contributed by atoms with E-state index in [9.17, 15) is 9.90 Å². The first kappa shape index (κ1) is 19.0. The highest BCUT2D eigenvalue weighted by Crippen LogP contribution is 2.46. The molecule has 4 rings (SSSR count). The molecule has 2 aliphatic heterocycles. The number of aliphatic hydroxyl groups excluding tert-OH is 2. The van der Waals surface area contributed by atoms with Gasteiger partial charge in [-0.1, -0.05) is 0 Å². The van der Waals surface area contributed by atoms with Crippen LogP contribution in [0.5, 0.6) is 5.75 Å². The summed E-state index contributed by atoms with van der Waals surface area (Å²) in [4.78, 5) is 18.2. The van der Waals surface area contributed by atoms with E-state index in [0.29, 0.717) is 5.92 Å². The molecule has 3 N–H and O–H groups in total. The highest BCUT2D eigenvalue weighted by Gasteiger charge is 2.44. The second kappa shape index (κ2) is 7.44. The van der Waals surface area contributed by atoms with Gasteiger partial charge in [0.1, 0.15) is 24.5 Å². The topological polar surface area (TPSA) is 95.0 Å². The van der Waals surface area contributed by atoms with E-state index in [-0.39, 0.29) is 19.0 Å². The predicted octanol–water partition coefficient (Wildman–Crippen LogP) is 1.34. The van der Waals surface area contributed by atoms with Crippen LogP contribution in [0.1, 0.15) is 29.6 Å². The van der Waals surface area contributed by atoms with E-state index in [0.717, 1.165) is 41.9 Å². The summed E-state index contributed by atoms with van der Waals surface area (Å²) in [5.41, 5.74) is 3.03. The van der Waals surface area contributed by atoms with Crippen LogP contribution in [0.3, 0.4) is 0 Å². The Balaban J connectivity index is 0.00000196. The van der Waals surface area contributed by atoms with Gasteiger partial charge in [-0.3, -0.25) is 4.90 Å². The third kappa shape index (κ3) is 3.05. The van der Waals surface area contributed by atoms with Crippen molar-refractivity contribution in [2.24, 2.45) is 0 Å². The predicted molar refractivity (Wildman–Crippen MR) is 97.8 cm³/mol. The molecule has 0 radical (unpaired) electrons. The molecule has 0 spiro atoms. The summed E-state index contributed by atoms with van der Waals surface area (Å²) in [6.45, 7) is 1.02. The van der Waals surface area contributed by atoms with Crippen molar-refractivity contribution < 1.29 is 24.5 Å².